The Morgan fingerprint density at radius 1 is 0.933 bits per heavy atom. The topological polar surface area (TPSA) is 66.7 Å². The second-order valence-electron chi connectivity index (χ2n) is 2.98. The molecule has 0 heterocycles. The second kappa shape index (κ2) is 9.45. The van der Waals surface area contributed by atoms with Gasteiger partial charge < -0.3 is 9.47 Å². The molecule has 5 heteroatoms. The van der Waals surface area contributed by atoms with Crippen LogP contribution in [-0.2, 0) is 19.1 Å². The van der Waals surface area contributed by atoms with Gasteiger partial charge in [-0.3, -0.25) is 9.59 Å². The van der Waals surface area contributed by atoms with E-state index in [1.54, 1.807) is 0 Å². The molecule has 0 rings (SSSR count). The highest BCUT2D eigenvalue weighted by molar-refractivity contribution is 5.74. The van der Waals surface area contributed by atoms with Crippen LogP contribution in [0.5, 0.6) is 0 Å². The number of nitrogens with zero attached hydrogens (tertiary/aromatic N) is 1. The molecule has 0 saturated carbocycles. The van der Waals surface area contributed by atoms with E-state index in [1.807, 2.05) is 13.8 Å². The Hall–Kier alpha value is -1.10. The molecule has 0 aromatic heterocycles. The van der Waals surface area contributed by atoms with Crippen LogP contribution in [0.25, 0.3) is 0 Å². The van der Waals surface area contributed by atoms with E-state index >= 15 is 0 Å². The predicted octanol–water partition coefficient (Wildman–Crippen LogP) is 0.497. The first-order valence-corrected chi connectivity index (χ1v) is 5.15. The van der Waals surface area contributed by atoms with Crippen LogP contribution in [0, 0.1) is 0 Å². The van der Waals surface area contributed by atoms with Crippen LogP contribution >= 0.6 is 0 Å². The lowest BCUT2D eigenvalue weighted by Gasteiger charge is -2.04. The molecule has 15 heavy (non-hydrogen) atoms. The third kappa shape index (κ3) is 9.21. The van der Waals surface area contributed by atoms with E-state index in [4.69, 9.17) is 9.47 Å². The van der Waals surface area contributed by atoms with E-state index < -0.39 is 11.9 Å². The minimum absolute atomic E-state index is 0.0821. The van der Waals surface area contributed by atoms with Crippen molar-refractivity contribution in [3.8, 4) is 0 Å². The summed E-state index contributed by atoms with van der Waals surface area (Å²) >= 11 is 0. The minimum atomic E-state index is -0.403. The van der Waals surface area contributed by atoms with E-state index in [9.17, 15) is 9.59 Å². The first-order chi connectivity index (χ1) is 7.20. The van der Waals surface area contributed by atoms with E-state index in [-0.39, 0.29) is 13.1 Å². The average molecular weight is 216 g/mol. The molecular weight excluding hydrogens is 198 g/mol. The molecule has 0 aromatic carbocycles. The Morgan fingerprint density at radius 2 is 1.33 bits per heavy atom. The van der Waals surface area contributed by atoms with Crippen LogP contribution < -0.4 is 5.32 Å². The highest BCUT2D eigenvalue weighted by atomic mass is 16.5. The molecule has 0 amide bonds. The van der Waals surface area contributed by atoms with Crippen molar-refractivity contribution in [1.29, 1.82) is 0 Å². The highest BCUT2D eigenvalue weighted by Crippen LogP contribution is 1.84. The van der Waals surface area contributed by atoms with Crippen molar-refractivity contribution in [3.63, 3.8) is 0 Å². The van der Waals surface area contributed by atoms with Gasteiger partial charge in [-0.2, -0.15) is 0 Å². The number of carbonyl (C=O) groups is 2. The molecule has 0 spiro atoms. The quantitative estimate of drug-likeness (QED) is 0.554. The largest absolute Gasteiger partial charge is 0.465 e. The van der Waals surface area contributed by atoms with Crippen LogP contribution in [0.4, 0.5) is 0 Å². The van der Waals surface area contributed by atoms with E-state index in [0.29, 0.717) is 13.2 Å². The summed E-state index contributed by atoms with van der Waals surface area (Å²) in [5.74, 6) is -0.805. The lowest BCUT2D eigenvalue weighted by Crippen LogP contribution is -2.25. The molecule has 0 aliphatic heterocycles. The summed E-state index contributed by atoms with van der Waals surface area (Å²) in [6.45, 7) is 4.45. The van der Waals surface area contributed by atoms with Gasteiger partial charge in [0.25, 0.3) is 0 Å². The van der Waals surface area contributed by atoms with Crippen molar-refractivity contribution in [2.75, 3.05) is 26.3 Å². The number of carbonyl (C=O) groups excluding carboxylic acids is 2. The molecule has 0 fully saturated rings. The summed E-state index contributed by atoms with van der Waals surface area (Å²) in [5.41, 5.74) is 0. The van der Waals surface area contributed by atoms with Gasteiger partial charge in [-0.25, -0.2) is 5.32 Å². The molecule has 0 aliphatic carbocycles. The van der Waals surface area contributed by atoms with E-state index in [2.05, 4.69) is 5.32 Å². The van der Waals surface area contributed by atoms with Crippen molar-refractivity contribution < 1.29 is 19.1 Å². The van der Waals surface area contributed by atoms with Crippen LogP contribution in [-0.4, -0.2) is 38.2 Å². The van der Waals surface area contributed by atoms with Gasteiger partial charge in [0.1, 0.15) is 13.1 Å². The van der Waals surface area contributed by atoms with Gasteiger partial charge in [0, 0.05) is 0 Å². The van der Waals surface area contributed by atoms with E-state index in [0.717, 1.165) is 12.8 Å². The molecule has 0 aromatic rings. The lowest BCUT2D eigenvalue weighted by molar-refractivity contribution is -0.144. The normalized spacial score (nSPS) is 9.73. The molecule has 0 N–H and O–H groups in total. The first-order valence-electron chi connectivity index (χ1n) is 5.15. The highest BCUT2D eigenvalue weighted by Gasteiger charge is 2.06. The molecule has 0 saturated heterocycles. The summed E-state index contributed by atoms with van der Waals surface area (Å²) in [6, 6.07) is 0. The summed E-state index contributed by atoms with van der Waals surface area (Å²) in [6.07, 6.45) is 1.56. The first kappa shape index (κ1) is 13.9. The smallest absolute Gasteiger partial charge is 0.321 e. The fraction of sp³-hybridized carbons (Fsp3) is 0.800. The Labute approximate surface area is 90.1 Å². The van der Waals surface area contributed by atoms with Gasteiger partial charge >= 0.3 is 11.9 Å². The Morgan fingerprint density at radius 3 is 1.67 bits per heavy atom. The maximum absolute atomic E-state index is 10.9. The third-order valence-corrected chi connectivity index (χ3v) is 1.42. The molecule has 0 atom stereocenters. The molecule has 5 nitrogen and oxygen atoms in total. The fourth-order valence-corrected chi connectivity index (χ4v) is 0.762. The Kier molecular flexibility index (Phi) is 8.76. The van der Waals surface area contributed by atoms with Crippen molar-refractivity contribution >= 4 is 11.9 Å². The average Bonchev–Trinajstić information content (AvgIpc) is 2.23. The van der Waals surface area contributed by atoms with Gasteiger partial charge in [0.05, 0.1) is 13.2 Å². The second-order valence-corrected chi connectivity index (χ2v) is 2.98. The summed E-state index contributed by atoms with van der Waals surface area (Å²) in [5, 5.41) is 3.73. The zero-order valence-electron chi connectivity index (χ0n) is 9.32. The number of hydrogen-bond acceptors (Lipinski definition) is 4. The standard InChI is InChI=1S/C10H18NO4/c1-3-5-14-9(12)7-11-8-10(13)15-6-4-2/h3-8H2,1-2H3. The van der Waals surface area contributed by atoms with Crippen molar-refractivity contribution in [2.45, 2.75) is 26.7 Å². The Balaban J connectivity index is 3.36. The predicted molar refractivity (Wildman–Crippen MR) is 54.4 cm³/mol. The van der Waals surface area contributed by atoms with Gasteiger partial charge in [-0.15, -0.1) is 0 Å². The third-order valence-electron chi connectivity index (χ3n) is 1.42. The number of ether oxygens (including phenoxy) is 2. The molecule has 87 valence electrons. The van der Waals surface area contributed by atoms with Crippen molar-refractivity contribution in [1.82, 2.24) is 5.32 Å². The van der Waals surface area contributed by atoms with Crippen molar-refractivity contribution in [2.24, 2.45) is 0 Å². The van der Waals surface area contributed by atoms with Crippen LogP contribution in [0.2, 0.25) is 0 Å². The minimum Gasteiger partial charge on any atom is -0.465 e. The Bertz CT molecular complexity index is 174. The molecular formula is C10H18NO4. The number of esters is 2. The van der Waals surface area contributed by atoms with Gasteiger partial charge in [0.15, 0.2) is 0 Å². The van der Waals surface area contributed by atoms with Crippen molar-refractivity contribution in [3.05, 3.63) is 0 Å². The number of hydrogen-bond donors (Lipinski definition) is 0. The number of rotatable bonds is 8. The zero-order chi connectivity index (χ0) is 11.5. The van der Waals surface area contributed by atoms with Gasteiger partial charge in [0.2, 0.25) is 0 Å². The molecule has 0 bridgehead atoms. The maximum Gasteiger partial charge on any atom is 0.321 e. The lowest BCUT2D eigenvalue weighted by atomic mass is 10.5. The summed E-state index contributed by atoms with van der Waals surface area (Å²) < 4.78 is 9.54. The van der Waals surface area contributed by atoms with Gasteiger partial charge in [-0.05, 0) is 12.8 Å². The monoisotopic (exact) mass is 216 g/mol. The summed E-state index contributed by atoms with van der Waals surface area (Å²) in [4.78, 5) is 21.9. The maximum atomic E-state index is 10.9. The van der Waals surface area contributed by atoms with Gasteiger partial charge in [-0.1, -0.05) is 13.8 Å². The molecule has 0 aliphatic rings. The van der Waals surface area contributed by atoms with Crippen LogP contribution in [0.3, 0.4) is 0 Å². The zero-order valence-corrected chi connectivity index (χ0v) is 9.32. The molecule has 1 radical (unpaired) electrons. The summed E-state index contributed by atoms with van der Waals surface area (Å²) in [7, 11) is 0. The fourth-order valence-electron chi connectivity index (χ4n) is 0.762. The molecule has 0 unspecified atom stereocenters. The SMILES string of the molecule is CCCOC(=O)C[N]CC(=O)OCCC. The van der Waals surface area contributed by atoms with E-state index in [1.165, 1.54) is 0 Å². The van der Waals surface area contributed by atoms with Crippen LogP contribution in [0.1, 0.15) is 26.7 Å². The van der Waals surface area contributed by atoms with Crippen LogP contribution in [0.15, 0.2) is 0 Å².